The second kappa shape index (κ2) is 5.30. The van der Waals surface area contributed by atoms with E-state index in [0.29, 0.717) is 5.56 Å². The first-order valence-electron chi connectivity index (χ1n) is 6.42. The molecule has 0 fully saturated rings. The Morgan fingerprint density at radius 1 is 1.20 bits per heavy atom. The molecule has 0 saturated heterocycles. The van der Waals surface area contributed by atoms with Crippen LogP contribution in [0, 0.1) is 18.3 Å². The third-order valence-electron chi connectivity index (χ3n) is 2.96. The van der Waals surface area contributed by atoms with Gasteiger partial charge in [0.1, 0.15) is 17.4 Å². The molecule has 2 aromatic rings. The zero-order chi connectivity index (χ0) is 14.8. The third-order valence-corrected chi connectivity index (χ3v) is 2.96. The van der Waals surface area contributed by atoms with E-state index < -0.39 is 0 Å². The summed E-state index contributed by atoms with van der Waals surface area (Å²) >= 11 is 0. The van der Waals surface area contributed by atoms with E-state index in [1.54, 1.807) is 6.07 Å². The summed E-state index contributed by atoms with van der Waals surface area (Å²) in [6.45, 7) is 8.35. The number of aromatic nitrogens is 2. The molecule has 0 spiro atoms. The predicted molar refractivity (Wildman–Crippen MR) is 76.7 cm³/mol. The Morgan fingerprint density at radius 3 is 2.60 bits per heavy atom. The standard InChI is InChI=1S/C16H17N3O/c1-11-5-6-13(16(2,3)4)14(9-11)20-15-12(10-17)7-8-18-19-15/h5-9H,1-4H3. The van der Waals surface area contributed by atoms with Gasteiger partial charge in [-0.1, -0.05) is 32.9 Å². The summed E-state index contributed by atoms with van der Waals surface area (Å²) in [7, 11) is 0. The van der Waals surface area contributed by atoms with Crippen LogP contribution in [0.25, 0.3) is 0 Å². The maximum Gasteiger partial charge on any atom is 0.256 e. The van der Waals surface area contributed by atoms with Crippen molar-refractivity contribution in [2.45, 2.75) is 33.1 Å². The molecule has 2 rings (SSSR count). The smallest absolute Gasteiger partial charge is 0.256 e. The molecular formula is C16H17N3O. The average molecular weight is 267 g/mol. The molecule has 1 heterocycles. The highest BCUT2D eigenvalue weighted by Crippen LogP contribution is 2.34. The molecule has 4 nitrogen and oxygen atoms in total. The summed E-state index contributed by atoms with van der Waals surface area (Å²) in [4.78, 5) is 0. The van der Waals surface area contributed by atoms with E-state index in [0.717, 1.165) is 16.9 Å². The van der Waals surface area contributed by atoms with Crippen molar-refractivity contribution in [2.75, 3.05) is 0 Å². The van der Waals surface area contributed by atoms with Crippen LogP contribution >= 0.6 is 0 Å². The Hall–Kier alpha value is -2.41. The molecule has 102 valence electrons. The van der Waals surface area contributed by atoms with Gasteiger partial charge in [0, 0.05) is 5.56 Å². The summed E-state index contributed by atoms with van der Waals surface area (Å²) < 4.78 is 5.84. The van der Waals surface area contributed by atoms with Crippen LogP contribution in [0.15, 0.2) is 30.5 Å². The maximum absolute atomic E-state index is 9.08. The van der Waals surface area contributed by atoms with Crippen molar-refractivity contribution in [3.8, 4) is 17.7 Å². The summed E-state index contributed by atoms with van der Waals surface area (Å²) in [6.07, 6.45) is 1.48. The van der Waals surface area contributed by atoms with Crippen molar-refractivity contribution in [3.05, 3.63) is 47.2 Å². The van der Waals surface area contributed by atoms with Gasteiger partial charge in [0.25, 0.3) is 5.88 Å². The molecule has 0 aliphatic heterocycles. The third kappa shape index (κ3) is 2.94. The van der Waals surface area contributed by atoms with E-state index in [4.69, 9.17) is 10.00 Å². The lowest BCUT2D eigenvalue weighted by molar-refractivity contribution is 0.432. The van der Waals surface area contributed by atoms with Gasteiger partial charge < -0.3 is 4.74 Å². The SMILES string of the molecule is Cc1ccc(C(C)(C)C)c(Oc2nnccc2C#N)c1. The molecule has 20 heavy (non-hydrogen) atoms. The fourth-order valence-corrected chi connectivity index (χ4v) is 1.92. The fraction of sp³-hybridized carbons (Fsp3) is 0.312. The molecule has 0 radical (unpaired) electrons. The lowest BCUT2D eigenvalue weighted by Crippen LogP contribution is -2.13. The van der Waals surface area contributed by atoms with E-state index >= 15 is 0 Å². The fourth-order valence-electron chi connectivity index (χ4n) is 1.92. The van der Waals surface area contributed by atoms with Crippen LogP contribution in [0.1, 0.15) is 37.5 Å². The predicted octanol–water partition coefficient (Wildman–Crippen LogP) is 3.75. The molecular weight excluding hydrogens is 250 g/mol. The Bertz CT molecular complexity index is 666. The zero-order valence-corrected chi connectivity index (χ0v) is 12.1. The second-order valence-electron chi connectivity index (χ2n) is 5.71. The Morgan fingerprint density at radius 2 is 1.95 bits per heavy atom. The average Bonchev–Trinajstić information content (AvgIpc) is 2.38. The quantitative estimate of drug-likeness (QED) is 0.831. The molecule has 4 heteroatoms. The number of hydrogen-bond acceptors (Lipinski definition) is 4. The van der Waals surface area contributed by atoms with E-state index in [1.165, 1.54) is 6.20 Å². The molecule has 0 unspecified atom stereocenters. The maximum atomic E-state index is 9.08. The highest BCUT2D eigenvalue weighted by Gasteiger charge is 2.20. The van der Waals surface area contributed by atoms with Gasteiger partial charge in [-0.3, -0.25) is 0 Å². The molecule has 0 bridgehead atoms. The summed E-state index contributed by atoms with van der Waals surface area (Å²) in [6, 6.07) is 9.71. The van der Waals surface area contributed by atoms with Gasteiger partial charge in [0.15, 0.2) is 0 Å². The number of nitrogens with zero attached hydrogens (tertiary/aromatic N) is 3. The minimum absolute atomic E-state index is 0.0575. The number of aryl methyl sites for hydroxylation is 1. The lowest BCUT2D eigenvalue weighted by Gasteiger charge is -2.22. The molecule has 0 saturated carbocycles. The first kappa shape index (κ1) is 14.0. The van der Waals surface area contributed by atoms with Crippen LogP contribution in [0.2, 0.25) is 0 Å². The number of ether oxygens (including phenoxy) is 1. The topological polar surface area (TPSA) is 58.8 Å². The van der Waals surface area contributed by atoms with Gasteiger partial charge in [0.05, 0.1) is 6.20 Å². The van der Waals surface area contributed by atoms with Gasteiger partial charge in [-0.2, -0.15) is 10.4 Å². The van der Waals surface area contributed by atoms with Gasteiger partial charge in [0.2, 0.25) is 0 Å². The van der Waals surface area contributed by atoms with Crippen LogP contribution in [0.4, 0.5) is 0 Å². The van der Waals surface area contributed by atoms with Crippen molar-refractivity contribution in [3.63, 3.8) is 0 Å². The van der Waals surface area contributed by atoms with Crippen molar-refractivity contribution in [1.82, 2.24) is 10.2 Å². The van der Waals surface area contributed by atoms with Crippen LogP contribution in [-0.2, 0) is 5.41 Å². The minimum Gasteiger partial charge on any atom is -0.436 e. The first-order valence-corrected chi connectivity index (χ1v) is 6.42. The van der Waals surface area contributed by atoms with Gasteiger partial charge in [-0.05, 0) is 30.0 Å². The Labute approximate surface area is 119 Å². The number of rotatable bonds is 2. The molecule has 0 amide bonds. The first-order chi connectivity index (χ1) is 9.41. The minimum atomic E-state index is -0.0575. The Balaban J connectivity index is 2.48. The summed E-state index contributed by atoms with van der Waals surface area (Å²) in [5.74, 6) is 0.959. The lowest BCUT2D eigenvalue weighted by atomic mass is 9.86. The number of nitriles is 1. The summed E-state index contributed by atoms with van der Waals surface area (Å²) in [5.41, 5.74) is 2.48. The van der Waals surface area contributed by atoms with Gasteiger partial charge in [-0.25, -0.2) is 0 Å². The highest BCUT2D eigenvalue weighted by atomic mass is 16.5. The van der Waals surface area contributed by atoms with Crippen molar-refractivity contribution >= 4 is 0 Å². The van der Waals surface area contributed by atoms with E-state index in [1.807, 2.05) is 19.1 Å². The molecule has 0 N–H and O–H groups in total. The Kier molecular flexibility index (Phi) is 3.71. The van der Waals surface area contributed by atoms with Crippen LogP contribution in [0.5, 0.6) is 11.6 Å². The van der Waals surface area contributed by atoms with Crippen LogP contribution in [0.3, 0.4) is 0 Å². The van der Waals surface area contributed by atoms with E-state index in [2.05, 4.69) is 43.1 Å². The monoisotopic (exact) mass is 267 g/mol. The number of benzene rings is 1. The van der Waals surface area contributed by atoms with Crippen molar-refractivity contribution < 1.29 is 4.74 Å². The molecule has 0 aliphatic carbocycles. The summed E-state index contributed by atoms with van der Waals surface area (Å²) in [5, 5.41) is 16.8. The number of hydrogen-bond donors (Lipinski definition) is 0. The van der Waals surface area contributed by atoms with E-state index in [-0.39, 0.29) is 11.3 Å². The zero-order valence-electron chi connectivity index (χ0n) is 12.1. The molecule has 0 atom stereocenters. The second-order valence-corrected chi connectivity index (χ2v) is 5.71. The van der Waals surface area contributed by atoms with Gasteiger partial charge >= 0.3 is 0 Å². The van der Waals surface area contributed by atoms with Crippen LogP contribution < -0.4 is 4.74 Å². The molecule has 1 aromatic carbocycles. The molecule has 1 aromatic heterocycles. The highest BCUT2D eigenvalue weighted by molar-refractivity contribution is 5.45. The molecule has 0 aliphatic rings. The normalized spacial score (nSPS) is 10.9. The van der Waals surface area contributed by atoms with Gasteiger partial charge in [-0.15, -0.1) is 5.10 Å². The van der Waals surface area contributed by atoms with Crippen LogP contribution in [-0.4, -0.2) is 10.2 Å². The van der Waals surface area contributed by atoms with Crippen molar-refractivity contribution in [2.24, 2.45) is 0 Å². The largest absolute Gasteiger partial charge is 0.436 e. The van der Waals surface area contributed by atoms with E-state index in [9.17, 15) is 0 Å². The van der Waals surface area contributed by atoms with Crippen molar-refractivity contribution in [1.29, 1.82) is 5.26 Å².